The van der Waals surface area contributed by atoms with Crippen LogP contribution in [-0.2, 0) is 21.0 Å². The Bertz CT molecular complexity index is 1170. The van der Waals surface area contributed by atoms with E-state index >= 15 is 0 Å². The summed E-state index contributed by atoms with van der Waals surface area (Å²) in [4.78, 5) is 10.4. The monoisotopic (exact) mass is 455 g/mol. The second-order valence-corrected chi connectivity index (χ2v) is 8.11. The van der Waals surface area contributed by atoms with Crippen molar-refractivity contribution in [2.24, 2.45) is 0 Å². The molecule has 0 unspecified atom stereocenters. The Labute approximate surface area is 175 Å². The molecule has 0 fully saturated rings. The van der Waals surface area contributed by atoms with Crippen molar-refractivity contribution in [2.45, 2.75) is 30.3 Å². The summed E-state index contributed by atoms with van der Waals surface area (Å²) in [6.45, 7) is -0.0488. The fourth-order valence-corrected chi connectivity index (χ4v) is 3.74. The van der Waals surface area contributed by atoms with Crippen LogP contribution in [0.5, 0.6) is 11.5 Å². The van der Waals surface area contributed by atoms with Crippen molar-refractivity contribution in [3.05, 3.63) is 47.5 Å². The maximum absolute atomic E-state index is 13.1. The predicted molar refractivity (Wildman–Crippen MR) is 103 cm³/mol. The van der Waals surface area contributed by atoms with Gasteiger partial charge in [-0.15, -0.1) is 0 Å². The summed E-state index contributed by atoms with van der Waals surface area (Å²) >= 11 is 0. The van der Waals surface area contributed by atoms with E-state index in [0.29, 0.717) is 5.75 Å². The molecule has 0 atom stereocenters. The second-order valence-electron chi connectivity index (χ2n) is 6.43. The lowest BCUT2D eigenvalue weighted by atomic mass is 10.1. The van der Waals surface area contributed by atoms with Crippen molar-refractivity contribution in [3.63, 3.8) is 0 Å². The number of alkyl halides is 3. The normalized spacial score (nSPS) is 12.7. The Balaban J connectivity index is 1.90. The molecule has 0 spiro atoms. The zero-order chi connectivity index (χ0) is 22.6. The van der Waals surface area contributed by atoms with Crippen molar-refractivity contribution in [1.29, 1.82) is 0 Å². The van der Waals surface area contributed by atoms with Gasteiger partial charge in [0.2, 0.25) is 6.79 Å². The molecule has 2 aromatic carbocycles. The Morgan fingerprint density at radius 2 is 1.87 bits per heavy atom. The van der Waals surface area contributed by atoms with Crippen LogP contribution in [0.1, 0.15) is 30.4 Å². The number of unbranched alkanes of at least 4 members (excludes halogenated alkanes) is 1. The van der Waals surface area contributed by atoms with Crippen LogP contribution in [0.2, 0.25) is 0 Å². The minimum absolute atomic E-state index is 0.0488. The first-order valence-electron chi connectivity index (χ1n) is 8.91. The second kappa shape index (κ2) is 8.77. The Hall–Kier alpha value is -3.39. The van der Waals surface area contributed by atoms with E-state index in [-0.39, 0.29) is 48.0 Å². The van der Waals surface area contributed by atoms with E-state index in [1.807, 2.05) is 0 Å². The standard InChI is InChI=1S/C20H16F3NO6S/c21-20(22,23)14-6-8-16(13(10-14)4-2-1-3-5-19(25)26)24-31(27,28)15-7-9-17-18(11-15)30-12-29-17/h6-11,24H,1,3,5,12H2,(H,25,26). The lowest BCUT2D eigenvalue weighted by molar-refractivity contribution is -0.138. The van der Waals surface area contributed by atoms with Gasteiger partial charge in [-0.25, -0.2) is 8.42 Å². The first-order valence-corrected chi connectivity index (χ1v) is 10.4. The van der Waals surface area contributed by atoms with Crippen molar-refractivity contribution in [2.75, 3.05) is 11.5 Å². The number of fused-ring (bicyclic) bond motifs is 1. The van der Waals surface area contributed by atoms with Crippen molar-refractivity contribution in [3.8, 4) is 23.3 Å². The van der Waals surface area contributed by atoms with Crippen LogP contribution in [0.25, 0.3) is 0 Å². The van der Waals surface area contributed by atoms with Crippen LogP contribution in [0.15, 0.2) is 41.3 Å². The van der Waals surface area contributed by atoms with Gasteiger partial charge >= 0.3 is 12.1 Å². The Morgan fingerprint density at radius 1 is 1.13 bits per heavy atom. The summed E-state index contributed by atoms with van der Waals surface area (Å²) < 4.78 is 77.3. The van der Waals surface area contributed by atoms with Gasteiger partial charge in [0.05, 0.1) is 16.1 Å². The first kappa shape index (κ1) is 22.3. The van der Waals surface area contributed by atoms with E-state index in [2.05, 4.69) is 16.6 Å². The third kappa shape index (κ3) is 5.61. The number of hydrogen-bond donors (Lipinski definition) is 2. The Kier molecular flexibility index (Phi) is 6.31. The zero-order valence-electron chi connectivity index (χ0n) is 15.8. The number of aliphatic carboxylic acids is 1. The lowest BCUT2D eigenvalue weighted by Crippen LogP contribution is -2.14. The number of rotatable bonds is 6. The van der Waals surface area contributed by atoms with Crippen LogP contribution in [0.3, 0.4) is 0 Å². The molecule has 1 heterocycles. The highest BCUT2D eigenvalue weighted by atomic mass is 32.2. The topological polar surface area (TPSA) is 102 Å². The summed E-state index contributed by atoms with van der Waals surface area (Å²) in [5.41, 5.74) is -1.32. The average molecular weight is 455 g/mol. The molecule has 11 heteroatoms. The lowest BCUT2D eigenvalue weighted by Gasteiger charge is -2.13. The van der Waals surface area contributed by atoms with E-state index in [1.54, 1.807) is 0 Å². The van der Waals surface area contributed by atoms with Crippen LogP contribution in [-0.4, -0.2) is 26.3 Å². The number of benzene rings is 2. The molecule has 1 aliphatic heterocycles. The van der Waals surface area contributed by atoms with E-state index in [1.165, 1.54) is 18.2 Å². The zero-order valence-corrected chi connectivity index (χ0v) is 16.6. The molecule has 0 bridgehead atoms. The molecule has 2 aromatic rings. The highest BCUT2D eigenvalue weighted by Crippen LogP contribution is 2.35. The molecule has 7 nitrogen and oxygen atoms in total. The molecule has 0 saturated carbocycles. The quantitative estimate of drug-likeness (QED) is 0.507. The molecule has 31 heavy (non-hydrogen) atoms. The third-order valence-corrected chi connectivity index (χ3v) is 5.52. The molecule has 164 valence electrons. The van der Waals surface area contributed by atoms with Crippen molar-refractivity contribution < 1.29 is 41.0 Å². The fraction of sp³-hybridized carbons (Fsp3) is 0.250. The molecule has 0 radical (unpaired) electrons. The third-order valence-electron chi connectivity index (χ3n) is 4.16. The van der Waals surface area contributed by atoms with Gasteiger partial charge in [-0.3, -0.25) is 9.52 Å². The SMILES string of the molecule is O=C(O)CCCC#Cc1cc(C(F)(F)F)ccc1NS(=O)(=O)c1ccc2c(c1)OCO2. The number of anilines is 1. The minimum Gasteiger partial charge on any atom is -0.481 e. The molecule has 3 rings (SSSR count). The number of halogens is 3. The molecule has 2 N–H and O–H groups in total. The molecule has 0 amide bonds. The number of ether oxygens (including phenoxy) is 2. The number of carboxylic acid groups (broad SMARTS) is 1. The molecule has 0 aliphatic carbocycles. The average Bonchev–Trinajstić information content (AvgIpc) is 3.15. The van der Waals surface area contributed by atoms with Gasteiger partial charge in [-0.05, 0) is 36.8 Å². The predicted octanol–water partition coefficient (Wildman–Crippen LogP) is 3.84. The summed E-state index contributed by atoms with van der Waals surface area (Å²) in [7, 11) is -4.16. The van der Waals surface area contributed by atoms with E-state index in [0.717, 1.165) is 18.2 Å². The van der Waals surface area contributed by atoms with Crippen molar-refractivity contribution >= 4 is 21.7 Å². The summed E-state index contributed by atoms with van der Waals surface area (Å²) in [6.07, 6.45) is -4.45. The molecule has 1 aliphatic rings. The van der Waals surface area contributed by atoms with E-state index in [9.17, 15) is 26.4 Å². The number of sulfonamides is 1. The molecular weight excluding hydrogens is 439 g/mol. The van der Waals surface area contributed by atoms with Gasteiger partial charge < -0.3 is 14.6 Å². The first-order chi connectivity index (χ1) is 14.6. The van der Waals surface area contributed by atoms with Gasteiger partial charge in [0.1, 0.15) is 0 Å². The van der Waals surface area contributed by atoms with Gasteiger partial charge in [0.25, 0.3) is 10.0 Å². The highest BCUT2D eigenvalue weighted by molar-refractivity contribution is 7.92. The number of hydrogen-bond acceptors (Lipinski definition) is 5. The summed E-state index contributed by atoms with van der Waals surface area (Å²) in [6, 6.07) is 6.39. The minimum atomic E-state index is -4.64. The Morgan fingerprint density at radius 3 is 2.58 bits per heavy atom. The fourth-order valence-electron chi connectivity index (χ4n) is 2.65. The van der Waals surface area contributed by atoms with Crippen LogP contribution in [0, 0.1) is 11.8 Å². The van der Waals surface area contributed by atoms with Crippen LogP contribution >= 0.6 is 0 Å². The molecule has 0 aromatic heterocycles. The maximum Gasteiger partial charge on any atom is 0.416 e. The van der Waals surface area contributed by atoms with Gasteiger partial charge in [0.15, 0.2) is 11.5 Å². The number of carboxylic acids is 1. The van der Waals surface area contributed by atoms with E-state index < -0.39 is 27.7 Å². The smallest absolute Gasteiger partial charge is 0.416 e. The largest absolute Gasteiger partial charge is 0.481 e. The summed E-state index contributed by atoms with van der Waals surface area (Å²) in [5, 5.41) is 8.63. The summed E-state index contributed by atoms with van der Waals surface area (Å²) in [5.74, 6) is 4.68. The van der Waals surface area contributed by atoms with Gasteiger partial charge in [0, 0.05) is 24.5 Å². The van der Waals surface area contributed by atoms with Gasteiger partial charge in [-0.1, -0.05) is 11.8 Å². The molecular formula is C20H16F3NO6S. The highest BCUT2D eigenvalue weighted by Gasteiger charge is 2.31. The number of carbonyl (C=O) groups is 1. The van der Waals surface area contributed by atoms with Gasteiger partial charge in [-0.2, -0.15) is 13.2 Å². The van der Waals surface area contributed by atoms with Crippen molar-refractivity contribution in [1.82, 2.24) is 0 Å². The van der Waals surface area contributed by atoms with Crippen LogP contribution in [0.4, 0.5) is 18.9 Å². The van der Waals surface area contributed by atoms with E-state index in [4.69, 9.17) is 14.6 Å². The van der Waals surface area contributed by atoms with Crippen LogP contribution < -0.4 is 14.2 Å². The maximum atomic E-state index is 13.1. The number of nitrogens with one attached hydrogen (secondary N) is 1. The molecule has 0 saturated heterocycles.